The van der Waals surface area contributed by atoms with Gasteiger partial charge >= 0.3 is 0 Å². The molecule has 7 heteroatoms. The Labute approximate surface area is 179 Å². The lowest BCUT2D eigenvalue weighted by Gasteiger charge is -2.47. The number of hydrogen-bond acceptors (Lipinski definition) is 4. The fourth-order valence-electron chi connectivity index (χ4n) is 4.49. The molecule has 0 aliphatic carbocycles. The number of aryl methyl sites for hydroxylation is 1. The van der Waals surface area contributed by atoms with Gasteiger partial charge in [0.15, 0.2) is 0 Å². The van der Waals surface area contributed by atoms with E-state index in [0.717, 1.165) is 16.8 Å². The van der Waals surface area contributed by atoms with Crippen molar-refractivity contribution in [1.29, 1.82) is 0 Å². The average Bonchev–Trinajstić information content (AvgIpc) is 3.15. The van der Waals surface area contributed by atoms with Crippen molar-refractivity contribution in [2.24, 2.45) is 0 Å². The lowest BCUT2D eigenvalue weighted by molar-refractivity contribution is 0.00713. The van der Waals surface area contributed by atoms with Gasteiger partial charge in [0.2, 0.25) is 0 Å². The number of pyridine rings is 2. The molecule has 3 aromatic rings. The van der Waals surface area contributed by atoms with Crippen LogP contribution in [0.15, 0.2) is 60.9 Å². The molecule has 1 saturated heterocycles. The number of benzene rings is 1. The minimum absolute atomic E-state index is 0.153. The lowest BCUT2D eigenvalue weighted by atomic mass is 9.85. The summed E-state index contributed by atoms with van der Waals surface area (Å²) in [6.45, 7) is 2.74. The second-order valence-corrected chi connectivity index (χ2v) is 8.05. The molecule has 2 aliphatic rings. The minimum atomic E-state index is -0.931. The Kier molecular flexibility index (Phi) is 4.33. The first-order chi connectivity index (χ1) is 14.5. The molecule has 0 radical (unpaired) electrons. The van der Waals surface area contributed by atoms with Gasteiger partial charge in [-0.3, -0.25) is 19.6 Å². The van der Waals surface area contributed by atoms with Crippen molar-refractivity contribution in [1.82, 2.24) is 19.8 Å². The molecule has 150 valence electrons. The summed E-state index contributed by atoms with van der Waals surface area (Å²) in [7, 11) is 0. The highest BCUT2D eigenvalue weighted by Crippen LogP contribution is 2.45. The number of carbonyl (C=O) groups is 2. The zero-order valence-corrected chi connectivity index (χ0v) is 17.1. The van der Waals surface area contributed by atoms with E-state index in [2.05, 4.69) is 9.97 Å². The summed E-state index contributed by atoms with van der Waals surface area (Å²) in [5.74, 6) is -0.316. The quantitative estimate of drug-likeness (QED) is 0.639. The molecular weight excluding hydrogens is 400 g/mol. The number of aromatic nitrogens is 2. The van der Waals surface area contributed by atoms with Gasteiger partial charge in [-0.1, -0.05) is 29.8 Å². The molecule has 0 N–H and O–H groups in total. The Morgan fingerprint density at radius 2 is 1.87 bits per heavy atom. The van der Waals surface area contributed by atoms with Crippen molar-refractivity contribution in [3.8, 4) is 0 Å². The van der Waals surface area contributed by atoms with E-state index in [-0.39, 0.29) is 11.8 Å². The zero-order chi connectivity index (χ0) is 20.9. The molecule has 30 heavy (non-hydrogen) atoms. The average molecular weight is 419 g/mol. The van der Waals surface area contributed by atoms with Crippen LogP contribution in [0.1, 0.15) is 37.7 Å². The summed E-state index contributed by atoms with van der Waals surface area (Å²) in [4.78, 5) is 39.1. The molecule has 6 nitrogen and oxygen atoms in total. The van der Waals surface area contributed by atoms with Crippen molar-refractivity contribution in [2.75, 3.05) is 13.1 Å². The molecule has 4 heterocycles. The molecule has 5 rings (SSSR count). The molecule has 0 spiro atoms. The Balaban J connectivity index is 1.68. The minimum Gasteiger partial charge on any atom is -0.309 e. The van der Waals surface area contributed by atoms with Gasteiger partial charge in [-0.25, -0.2) is 0 Å². The first-order valence-electron chi connectivity index (χ1n) is 9.77. The molecule has 2 aromatic heterocycles. The van der Waals surface area contributed by atoms with E-state index < -0.39 is 5.66 Å². The van der Waals surface area contributed by atoms with Crippen LogP contribution < -0.4 is 0 Å². The maximum atomic E-state index is 13.6. The monoisotopic (exact) mass is 418 g/mol. The highest BCUT2D eigenvalue weighted by molar-refractivity contribution is 6.30. The third-order valence-electron chi connectivity index (χ3n) is 5.93. The van der Waals surface area contributed by atoms with Crippen LogP contribution >= 0.6 is 11.6 Å². The maximum Gasteiger partial charge on any atom is 0.274 e. The van der Waals surface area contributed by atoms with Gasteiger partial charge in [-0.15, -0.1) is 0 Å². The van der Waals surface area contributed by atoms with Crippen molar-refractivity contribution in [3.63, 3.8) is 0 Å². The fourth-order valence-corrected chi connectivity index (χ4v) is 4.62. The normalized spacial score (nSPS) is 20.1. The molecule has 1 aromatic carbocycles. The molecule has 2 amide bonds. The second-order valence-electron chi connectivity index (χ2n) is 7.61. The number of carbonyl (C=O) groups excluding carboxylic acids is 2. The Morgan fingerprint density at radius 1 is 1.07 bits per heavy atom. The van der Waals surface area contributed by atoms with Crippen molar-refractivity contribution in [2.45, 2.75) is 19.0 Å². The fraction of sp³-hybridized carbons (Fsp3) is 0.217. The SMILES string of the molecule is Cc1ccc(C(=O)N2CCN3C(=O)c4ncccc4CC23c2ccc(Cl)cc2)cn1. The van der Waals surface area contributed by atoms with E-state index in [1.165, 1.54) is 0 Å². The summed E-state index contributed by atoms with van der Waals surface area (Å²) in [6, 6.07) is 14.7. The molecular formula is C23H19ClN4O2. The number of nitrogens with zero attached hydrogens (tertiary/aromatic N) is 4. The van der Waals surface area contributed by atoms with Gasteiger partial charge in [0, 0.05) is 42.6 Å². The first kappa shape index (κ1) is 18.8. The molecule has 1 atom stereocenters. The van der Waals surface area contributed by atoms with Crippen LogP contribution in [-0.4, -0.2) is 44.7 Å². The summed E-state index contributed by atoms with van der Waals surface area (Å²) >= 11 is 6.13. The smallest absolute Gasteiger partial charge is 0.274 e. The molecule has 0 saturated carbocycles. The highest BCUT2D eigenvalue weighted by Gasteiger charge is 2.56. The van der Waals surface area contributed by atoms with Crippen LogP contribution in [0.5, 0.6) is 0 Å². The largest absolute Gasteiger partial charge is 0.309 e. The van der Waals surface area contributed by atoms with Crippen molar-refractivity contribution < 1.29 is 9.59 Å². The number of hydrogen-bond donors (Lipinski definition) is 0. The van der Waals surface area contributed by atoms with E-state index in [4.69, 9.17) is 11.6 Å². The van der Waals surface area contributed by atoms with Gasteiger partial charge in [-0.2, -0.15) is 0 Å². The van der Waals surface area contributed by atoms with E-state index in [1.807, 2.05) is 37.3 Å². The predicted molar refractivity (Wildman–Crippen MR) is 112 cm³/mol. The van der Waals surface area contributed by atoms with Gasteiger partial charge < -0.3 is 9.80 Å². The number of fused-ring (bicyclic) bond motifs is 2. The van der Waals surface area contributed by atoms with Crippen molar-refractivity contribution >= 4 is 23.4 Å². The van der Waals surface area contributed by atoms with Gasteiger partial charge in [0.25, 0.3) is 11.8 Å². The van der Waals surface area contributed by atoms with Gasteiger partial charge in [0.05, 0.1) is 5.56 Å². The van der Waals surface area contributed by atoms with Gasteiger partial charge in [0.1, 0.15) is 11.4 Å². The van der Waals surface area contributed by atoms with Gasteiger partial charge in [-0.05, 0) is 48.4 Å². The van der Waals surface area contributed by atoms with Crippen LogP contribution in [0.3, 0.4) is 0 Å². The maximum absolute atomic E-state index is 13.6. The molecule has 1 unspecified atom stereocenters. The van der Waals surface area contributed by atoms with E-state index in [0.29, 0.717) is 35.8 Å². The van der Waals surface area contributed by atoms with E-state index in [9.17, 15) is 9.59 Å². The highest BCUT2D eigenvalue weighted by atomic mass is 35.5. The standard InChI is InChI=1S/C23H19ClN4O2/c1-15-4-5-17(14-26-15)21(29)27-11-12-28-22(30)20-16(3-2-10-25-20)13-23(27,28)18-6-8-19(24)9-7-18/h2-10,14H,11-13H2,1H3. The van der Waals surface area contributed by atoms with Crippen molar-refractivity contribution in [3.05, 3.63) is 94.0 Å². The molecule has 2 aliphatic heterocycles. The van der Waals surface area contributed by atoms with Crippen LogP contribution in [0.25, 0.3) is 0 Å². The summed E-state index contributed by atoms with van der Waals surface area (Å²) in [6.07, 6.45) is 3.69. The topological polar surface area (TPSA) is 66.4 Å². The number of rotatable bonds is 2. The van der Waals surface area contributed by atoms with Crippen LogP contribution in [0.2, 0.25) is 5.02 Å². The lowest BCUT2D eigenvalue weighted by Crippen LogP contribution is -2.58. The Morgan fingerprint density at radius 3 is 2.60 bits per heavy atom. The first-order valence-corrected chi connectivity index (χ1v) is 10.1. The third kappa shape index (κ3) is 2.71. The third-order valence-corrected chi connectivity index (χ3v) is 6.18. The molecule has 0 bridgehead atoms. The number of amides is 2. The van der Waals surface area contributed by atoms with Crippen LogP contribution in [-0.2, 0) is 12.1 Å². The summed E-state index contributed by atoms with van der Waals surface area (Å²) < 4.78 is 0. The Hall–Kier alpha value is -3.25. The predicted octanol–water partition coefficient (Wildman–Crippen LogP) is 3.45. The zero-order valence-electron chi connectivity index (χ0n) is 16.4. The Bertz CT molecular complexity index is 1150. The number of halogens is 1. The molecule has 1 fully saturated rings. The van der Waals surface area contributed by atoms with E-state index in [1.54, 1.807) is 40.4 Å². The van der Waals surface area contributed by atoms with E-state index >= 15 is 0 Å². The van der Waals surface area contributed by atoms with Crippen LogP contribution in [0, 0.1) is 6.92 Å². The second kappa shape index (κ2) is 6.92. The summed E-state index contributed by atoms with van der Waals surface area (Å²) in [5, 5.41) is 0.601. The summed E-state index contributed by atoms with van der Waals surface area (Å²) in [5.41, 5.74) is 2.54. The van der Waals surface area contributed by atoms with Crippen LogP contribution in [0.4, 0.5) is 0 Å².